The van der Waals surface area contributed by atoms with E-state index in [9.17, 15) is 0 Å². The predicted octanol–water partition coefficient (Wildman–Crippen LogP) is 5.48. The molecule has 104 valence electrons. The van der Waals surface area contributed by atoms with Crippen molar-refractivity contribution in [1.29, 1.82) is 0 Å². The molecule has 0 unspecified atom stereocenters. The van der Waals surface area contributed by atoms with Crippen molar-refractivity contribution in [2.75, 3.05) is 5.32 Å². The highest BCUT2D eigenvalue weighted by Crippen LogP contribution is 2.30. The first-order chi connectivity index (χ1) is 9.75. The van der Waals surface area contributed by atoms with Crippen LogP contribution >= 0.6 is 23.2 Å². The Morgan fingerprint density at radius 3 is 2.40 bits per heavy atom. The highest BCUT2D eigenvalue weighted by molar-refractivity contribution is 6.36. The molecule has 1 aliphatic rings. The number of aryl methyl sites for hydroxylation is 1. The van der Waals surface area contributed by atoms with Gasteiger partial charge in [-0.1, -0.05) is 41.4 Å². The van der Waals surface area contributed by atoms with Crippen molar-refractivity contribution >= 4 is 28.9 Å². The van der Waals surface area contributed by atoms with Gasteiger partial charge in [0.15, 0.2) is 0 Å². The Morgan fingerprint density at radius 1 is 0.900 bits per heavy atom. The Kier molecular flexibility index (Phi) is 4.18. The van der Waals surface area contributed by atoms with E-state index in [1.54, 1.807) is 0 Å². The molecule has 2 aromatic rings. The van der Waals surface area contributed by atoms with E-state index in [-0.39, 0.29) is 0 Å². The second kappa shape index (κ2) is 6.07. The second-order valence-corrected chi connectivity index (χ2v) is 6.02. The van der Waals surface area contributed by atoms with E-state index in [0.717, 1.165) is 22.0 Å². The van der Waals surface area contributed by atoms with Gasteiger partial charge in [-0.2, -0.15) is 0 Å². The van der Waals surface area contributed by atoms with Crippen molar-refractivity contribution in [2.45, 2.75) is 32.2 Å². The number of rotatable bonds is 3. The van der Waals surface area contributed by atoms with E-state index >= 15 is 0 Å². The van der Waals surface area contributed by atoms with Crippen LogP contribution in [0.5, 0.6) is 0 Å². The summed E-state index contributed by atoms with van der Waals surface area (Å²) in [6.45, 7) is 0.662. The van der Waals surface area contributed by atoms with E-state index in [1.807, 2.05) is 18.2 Å². The van der Waals surface area contributed by atoms with Crippen LogP contribution in [-0.2, 0) is 19.4 Å². The number of hydrogen-bond acceptors (Lipinski definition) is 1. The second-order valence-electron chi connectivity index (χ2n) is 5.20. The van der Waals surface area contributed by atoms with Crippen molar-refractivity contribution in [3.05, 3.63) is 63.1 Å². The summed E-state index contributed by atoms with van der Waals surface area (Å²) in [6.07, 6.45) is 4.93. The number of fused-ring (bicyclic) bond motifs is 1. The highest BCUT2D eigenvalue weighted by atomic mass is 35.5. The lowest BCUT2D eigenvalue weighted by Gasteiger charge is -2.20. The molecule has 3 rings (SSSR count). The lowest BCUT2D eigenvalue weighted by Crippen LogP contribution is -2.09. The van der Waals surface area contributed by atoms with E-state index in [2.05, 4.69) is 23.5 Å². The van der Waals surface area contributed by atoms with Gasteiger partial charge in [0.25, 0.3) is 0 Å². The fourth-order valence-electron chi connectivity index (χ4n) is 2.83. The number of hydrogen-bond donors (Lipinski definition) is 1. The van der Waals surface area contributed by atoms with Crippen LogP contribution in [-0.4, -0.2) is 0 Å². The highest BCUT2D eigenvalue weighted by Gasteiger charge is 2.13. The van der Waals surface area contributed by atoms with Gasteiger partial charge in [-0.15, -0.1) is 0 Å². The van der Waals surface area contributed by atoms with Gasteiger partial charge in [0.1, 0.15) is 0 Å². The van der Waals surface area contributed by atoms with Gasteiger partial charge in [-0.25, -0.2) is 0 Å². The van der Waals surface area contributed by atoms with Crippen LogP contribution in [0, 0.1) is 0 Å². The molecule has 0 spiro atoms. The van der Waals surface area contributed by atoms with Gasteiger partial charge in [0, 0.05) is 27.8 Å². The van der Waals surface area contributed by atoms with Crippen LogP contribution in [0.4, 0.5) is 5.69 Å². The summed E-state index contributed by atoms with van der Waals surface area (Å²) in [5.41, 5.74) is 5.12. The van der Waals surface area contributed by atoms with Crippen LogP contribution in [0.3, 0.4) is 0 Å². The Hall–Kier alpha value is -1.18. The third kappa shape index (κ3) is 2.79. The molecule has 0 saturated heterocycles. The van der Waals surface area contributed by atoms with Gasteiger partial charge < -0.3 is 5.32 Å². The summed E-state index contributed by atoms with van der Waals surface area (Å²) < 4.78 is 0. The van der Waals surface area contributed by atoms with Gasteiger partial charge in [-0.3, -0.25) is 0 Å². The van der Waals surface area contributed by atoms with Crippen LogP contribution < -0.4 is 5.32 Å². The third-order valence-electron chi connectivity index (χ3n) is 3.91. The number of halogens is 2. The molecule has 0 saturated carbocycles. The normalized spacial score (nSPS) is 13.9. The Bertz CT molecular complexity index is 602. The lowest BCUT2D eigenvalue weighted by atomic mass is 9.90. The van der Waals surface area contributed by atoms with E-state index < -0.39 is 0 Å². The summed E-state index contributed by atoms with van der Waals surface area (Å²) in [7, 11) is 0. The average Bonchev–Trinajstić information content (AvgIpc) is 2.47. The zero-order chi connectivity index (χ0) is 13.9. The fraction of sp³-hybridized carbons (Fsp3) is 0.294. The van der Waals surface area contributed by atoms with Crippen LogP contribution in [0.2, 0.25) is 10.0 Å². The standard InChI is InChI=1S/C17H17Cl2N/c18-15-8-4-9-16(19)14(15)11-20-17-10-3-6-12-5-1-2-7-13(12)17/h3-4,6,8-10,20H,1-2,5,7,11H2. The molecular weight excluding hydrogens is 289 g/mol. The molecule has 1 N–H and O–H groups in total. The minimum atomic E-state index is 0.662. The van der Waals surface area contributed by atoms with Crippen LogP contribution in [0.15, 0.2) is 36.4 Å². The van der Waals surface area contributed by atoms with Gasteiger partial charge >= 0.3 is 0 Å². The molecule has 0 amide bonds. The molecule has 1 aliphatic carbocycles. The average molecular weight is 306 g/mol. The summed E-state index contributed by atoms with van der Waals surface area (Å²) in [5, 5.41) is 4.94. The maximum Gasteiger partial charge on any atom is 0.0470 e. The Labute approximate surface area is 129 Å². The van der Waals surface area contributed by atoms with Crippen molar-refractivity contribution in [2.24, 2.45) is 0 Å². The molecule has 3 heteroatoms. The molecular formula is C17H17Cl2N. The maximum atomic E-state index is 6.21. The summed E-state index contributed by atoms with van der Waals surface area (Å²) in [4.78, 5) is 0. The number of anilines is 1. The molecule has 0 heterocycles. The molecule has 20 heavy (non-hydrogen) atoms. The summed E-state index contributed by atoms with van der Waals surface area (Å²) >= 11 is 12.4. The van der Waals surface area contributed by atoms with Crippen molar-refractivity contribution in [3.8, 4) is 0 Å². The summed E-state index contributed by atoms with van der Waals surface area (Å²) in [6, 6.07) is 12.1. The smallest absolute Gasteiger partial charge is 0.0470 e. The molecule has 0 aromatic heterocycles. The molecule has 0 fully saturated rings. The first-order valence-electron chi connectivity index (χ1n) is 7.03. The van der Waals surface area contributed by atoms with Crippen molar-refractivity contribution < 1.29 is 0 Å². The topological polar surface area (TPSA) is 12.0 Å². The fourth-order valence-corrected chi connectivity index (χ4v) is 3.36. The monoisotopic (exact) mass is 305 g/mol. The third-order valence-corrected chi connectivity index (χ3v) is 4.62. The zero-order valence-electron chi connectivity index (χ0n) is 11.3. The van der Waals surface area contributed by atoms with Crippen molar-refractivity contribution in [3.63, 3.8) is 0 Å². The summed E-state index contributed by atoms with van der Waals surface area (Å²) in [5.74, 6) is 0. The Morgan fingerprint density at radius 2 is 1.60 bits per heavy atom. The van der Waals surface area contributed by atoms with Crippen molar-refractivity contribution in [1.82, 2.24) is 0 Å². The van der Waals surface area contributed by atoms with Gasteiger partial charge in [0.2, 0.25) is 0 Å². The van der Waals surface area contributed by atoms with E-state index in [0.29, 0.717) is 6.54 Å². The SMILES string of the molecule is Clc1cccc(Cl)c1CNc1cccc2c1CCCC2. The zero-order valence-corrected chi connectivity index (χ0v) is 12.8. The largest absolute Gasteiger partial charge is 0.381 e. The molecule has 2 aromatic carbocycles. The van der Waals surface area contributed by atoms with Gasteiger partial charge in [-0.05, 0) is 55.0 Å². The number of benzene rings is 2. The molecule has 1 nitrogen and oxygen atoms in total. The first kappa shape index (κ1) is 13.8. The van der Waals surface area contributed by atoms with E-state index in [1.165, 1.54) is 36.1 Å². The predicted molar refractivity (Wildman–Crippen MR) is 86.9 cm³/mol. The first-order valence-corrected chi connectivity index (χ1v) is 7.79. The van der Waals surface area contributed by atoms with E-state index in [4.69, 9.17) is 23.2 Å². The minimum absolute atomic E-state index is 0.662. The van der Waals surface area contributed by atoms with Gasteiger partial charge in [0.05, 0.1) is 0 Å². The lowest BCUT2D eigenvalue weighted by molar-refractivity contribution is 0.686. The van der Waals surface area contributed by atoms with Crippen LogP contribution in [0.25, 0.3) is 0 Å². The maximum absolute atomic E-state index is 6.21. The molecule has 0 radical (unpaired) electrons. The quantitative estimate of drug-likeness (QED) is 0.791. The molecule has 0 atom stereocenters. The Balaban J connectivity index is 1.82. The van der Waals surface area contributed by atoms with Crippen LogP contribution in [0.1, 0.15) is 29.5 Å². The molecule has 0 aliphatic heterocycles. The molecule has 0 bridgehead atoms. The number of nitrogens with one attached hydrogen (secondary N) is 1. The minimum Gasteiger partial charge on any atom is -0.381 e.